The quantitative estimate of drug-likeness (QED) is 0.605. The number of amides is 1. The minimum absolute atomic E-state index is 0.208. The van der Waals surface area contributed by atoms with Crippen molar-refractivity contribution in [3.05, 3.63) is 89.2 Å². The molecule has 1 aliphatic heterocycles. The molecule has 0 unspecified atom stereocenters. The van der Waals surface area contributed by atoms with Crippen LogP contribution in [0.25, 0.3) is 0 Å². The SMILES string of the molecule is Cc1ccc(C(=O)Nc2ccc(Cc3ccncc3)cc2)cc1S(=O)(=O)N1CCCCC1. The molecule has 6 nitrogen and oxygen atoms in total. The summed E-state index contributed by atoms with van der Waals surface area (Å²) in [7, 11) is -3.61. The van der Waals surface area contributed by atoms with Crippen LogP contribution < -0.4 is 5.32 Å². The normalized spacial score (nSPS) is 14.8. The lowest BCUT2D eigenvalue weighted by molar-refractivity contribution is 0.102. The molecular weight excluding hydrogens is 422 g/mol. The van der Waals surface area contributed by atoms with Gasteiger partial charge in [-0.05, 0) is 79.3 Å². The Morgan fingerprint density at radius 1 is 0.938 bits per heavy atom. The summed E-state index contributed by atoms with van der Waals surface area (Å²) in [6, 6.07) is 16.5. The van der Waals surface area contributed by atoms with E-state index in [-0.39, 0.29) is 10.8 Å². The first-order chi connectivity index (χ1) is 15.4. The number of aryl methyl sites for hydroxylation is 1. The van der Waals surface area contributed by atoms with Crippen LogP contribution >= 0.6 is 0 Å². The summed E-state index contributed by atoms with van der Waals surface area (Å²) in [5, 5.41) is 2.87. The fraction of sp³-hybridized carbons (Fsp3) is 0.280. The number of aromatic nitrogens is 1. The average molecular weight is 450 g/mol. The summed E-state index contributed by atoms with van der Waals surface area (Å²) in [6.07, 6.45) is 7.11. The summed E-state index contributed by atoms with van der Waals surface area (Å²) in [6.45, 7) is 2.83. The molecule has 1 aromatic heterocycles. The monoisotopic (exact) mass is 449 g/mol. The summed E-state index contributed by atoms with van der Waals surface area (Å²) in [4.78, 5) is 17.1. The number of anilines is 1. The maximum atomic E-state index is 13.1. The molecule has 1 N–H and O–H groups in total. The van der Waals surface area contributed by atoms with E-state index >= 15 is 0 Å². The summed E-state index contributed by atoms with van der Waals surface area (Å²) in [5.41, 5.74) is 3.92. The Hall–Kier alpha value is -3.03. The Bertz CT molecular complexity index is 1190. The van der Waals surface area contributed by atoms with Gasteiger partial charge in [-0.3, -0.25) is 9.78 Å². The minimum Gasteiger partial charge on any atom is -0.322 e. The van der Waals surface area contributed by atoms with Crippen LogP contribution in [0, 0.1) is 6.92 Å². The van der Waals surface area contributed by atoms with Gasteiger partial charge in [-0.15, -0.1) is 0 Å². The molecule has 0 spiro atoms. The van der Waals surface area contributed by atoms with E-state index in [2.05, 4.69) is 10.3 Å². The molecule has 0 bridgehead atoms. The van der Waals surface area contributed by atoms with Crippen LogP contribution in [0.2, 0.25) is 0 Å². The first-order valence-corrected chi connectivity index (χ1v) is 12.3. The second-order valence-electron chi connectivity index (χ2n) is 8.13. The fourth-order valence-corrected chi connectivity index (χ4v) is 5.68. The average Bonchev–Trinajstić information content (AvgIpc) is 2.82. The van der Waals surface area contributed by atoms with Gasteiger partial charge in [0.15, 0.2) is 0 Å². The number of hydrogen-bond donors (Lipinski definition) is 1. The maximum absolute atomic E-state index is 13.1. The number of piperidine rings is 1. The lowest BCUT2D eigenvalue weighted by Crippen LogP contribution is -2.36. The summed E-state index contributed by atoms with van der Waals surface area (Å²) >= 11 is 0. The van der Waals surface area contributed by atoms with E-state index < -0.39 is 10.0 Å². The zero-order chi connectivity index (χ0) is 22.6. The van der Waals surface area contributed by atoms with E-state index in [1.807, 2.05) is 36.4 Å². The number of carbonyl (C=O) groups is 1. The van der Waals surface area contributed by atoms with E-state index in [4.69, 9.17) is 0 Å². The Balaban J connectivity index is 1.48. The third kappa shape index (κ3) is 5.06. The Morgan fingerprint density at radius 3 is 2.28 bits per heavy atom. The molecule has 32 heavy (non-hydrogen) atoms. The molecule has 4 rings (SSSR count). The number of pyridine rings is 1. The molecule has 166 valence electrons. The van der Waals surface area contributed by atoms with Gasteiger partial charge in [0.05, 0.1) is 4.90 Å². The standard InChI is InChI=1S/C25H27N3O3S/c1-19-5-8-22(18-24(19)32(30,31)28-15-3-2-4-16-28)25(29)27-23-9-6-20(7-10-23)17-21-11-13-26-14-12-21/h5-14,18H,2-4,15-17H2,1H3,(H,27,29). The molecule has 0 radical (unpaired) electrons. The zero-order valence-electron chi connectivity index (χ0n) is 18.1. The number of carbonyl (C=O) groups excluding carboxylic acids is 1. The highest BCUT2D eigenvalue weighted by Crippen LogP contribution is 2.25. The van der Waals surface area contributed by atoms with Gasteiger partial charge in [0.1, 0.15) is 0 Å². The number of benzene rings is 2. The van der Waals surface area contributed by atoms with E-state index in [0.717, 1.165) is 31.2 Å². The highest BCUT2D eigenvalue weighted by Gasteiger charge is 2.28. The van der Waals surface area contributed by atoms with Gasteiger partial charge < -0.3 is 5.32 Å². The largest absolute Gasteiger partial charge is 0.322 e. The molecule has 0 atom stereocenters. The second kappa shape index (κ2) is 9.63. The molecule has 1 amide bonds. The lowest BCUT2D eigenvalue weighted by Gasteiger charge is -2.26. The topological polar surface area (TPSA) is 79.4 Å². The third-order valence-electron chi connectivity index (χ3n) is 5.75. The van der Waals surface area contributed by atoms with Gasteiger partial charge in [-0.1, -0.05) is 24.6 Å². The number of rotatable bonds is 6. The summed E-state index contributed by atoms with van der Waals surface area (Å²) in [5.74, 6) is -0.332. The van der Waals surface area contributed by atoms with Crippen molar-refractivity contribution >= 4 is 21.6 Å². The molecule has 1 aliphatic rings. The Morgan fingerprint density at radius 2 is 1.59 bits per heavy atom. The van der Waals surface area contributed by atoms with Crippen molar-refractivity contribution in [3.63, 3.8) is 0 Å². The van der Waals surface area contributed by atoms with Gasteiger partial charge in [-0.25, -0.2) is 8.42 Å². The van der Waals surface area contributed by atoms with Gasteiger partial charge in [-0.2, -0.15) is 4.31 Å². The van der Waals surface area contributed by atoms with E-state index in [0.29, 0.717) is 29.9 Å². The lowest BCUT2D eigenvalue weighted by atomic mass is 10.1. The van der Waals surface area contributed by atoms with Crippen molar-refractivity contribution in [3.8, 4) is 0 Å². The Kier molecular flexibility index (Phi) is 6.67. The minimum atomic E-state index is -3.61. The molecule has 0 aliphatic carbocycles. The highest BCUT2D eigenvalue weighted by atomic mass is 32.2. The van der Waals surface area contributed by atoms with Crippen LogP contribution in [-0.4, -0.2) is 36.7 Å². The number of nitrogens with one attached hydrogen (secondary N) is 1. The van der Waals surface area contributed by atoms with Gasteiger partial charge >= 0.3 is 0 Å². The predicted molar refractivity (Wildman–Crippen MR) is 125 cm³/mol. The first kappa shape index (κ1) is 22.2. The fourth-order valence-electron chi connectivity index (χ4n) is 3.91. The third-order valence-corrected chi connectivity index (χ3v) is 7.79. The summed E-state index contributed by atoms with van der Waals surface area (Å²) < 4.78 is 27.8. The number of hydrogen-bond acceptors (Lipinski definition) is 4. The van der Waals surface area contributed by atoms with Crippen molar-refractivity contribution in [1.82, 2.24) is 9.29 Å². The van der Waals surface area contributed by atoms with Crippen LogP contribution in [0.15, 0.2) is 71.9 Å². The Labute approximate surface area is 189 Å². The van der Waals surface area contributed by atoms with Gasteiger partial charge in [0.2, 0.25) is 10.0 Å². The maximum Gasteiger partial charge on any atom is 0.255 e. The second-order valence-corrected chi connectivity index (χ2v) is 10.0. The van der Waals surface area contributed by atoms with Gasteiger partial charge in [0, 0.05) is 36.7 Å². The highest BCUT2D eigenvalue weighted by molar-refractivity contribution is 7.89. The number of sulfonamides is 1. The molecule has 2 heterocycles. The van der Waals surface area contributed by atoms with Crippen molar-refractivity contribution in [2.24, 2.45) is 0 Å². The van der Waals surface area contributed by atoms with Crippen LogP contribution in [-0.2, 0) is 16.4 Å². The molecule has 7 heteroatoms. The van der Waals surface area contributed by atoms with Crippen LogP contribution in [0.1, 0.15) is 46.3 Å². The van der Waals surface area contributed by atoms with Crippen molar-refractivity contribution < 1.29 is 13.2 Å². The van der Waals surface area contributed by atoms with Crippen molar-refractivity contribution in [2.75, 3.05) is 18.4 Å². The van der Waals surface area contributed by atoms with Crippen LogP contribution in [0.3, 0.4) is 0 Å². The molecule has 3 aromatic rings. The molecule has 1 saturated heterocycles. The molecule has 0 saturated carbocycles. The van der Waals surface area contributed by atoms with Gasteiger partial charge in [0.25, 0.3) is 5.91 Å². The van der Waals surface area contributed by atoms with E-state index in [9.17, 15) is 13.2 Å². The van der Waals surface area contributed by atoms with E-state index in [1.54, 1.807) is 31.5 Å². The molecule has 2 aromatic carbocycles. The number of nitrogens with zero attached hydrogens (tertiary/aromatic N) is 2. The molecular formula is C25H27N3O3S. The van der Waals surface area contributed by atoms with Crippen molar-refractivity contribution in [2.45, 2.75) is 37.5 Å². The van der Waals surface area contributed by atoms with E-state index in [1.165, 1.54) is 15.9 Å². The van der Waals surface area contributed by atoms with Crippen LogP contribution in [0.5, 0.6) is 0 Å². The predicted octanol–water partition coefficient (Wildman–Crippen LogP) is 4.41. The first-order valence-electron chi connectivity index (χ1n) is 10.8. The zero-order valence-corrected chi connectivity index (χ0v) is 18.9. The van der Waals surface area contributed by atoms with Crippen molar-refractivity contribution in [1.29, 1.82) is 0 Å². The molecule has 1 fully saturated rings. The van der Waals surface area contributed by atoms with Crippen LogP contribution in [0.4, 0.5) is 5.69 Å². The smallest absolute Gasteiger partial charge is 0.255 e.